The molecule has 0 spiro atoms. The lowest BCUT2D eigenvalue weighted by Crippen LogP contribution is -2.29. The van der Waals surface area contributed by atoms with E-state index in [1.165, 1.54) is 0 Å². The van der Waals surface area contributed by atoms with Crippen molar-refractivity contribution in [2.45, 2.75) is 12.8 Å². The lowest BCUT2D eigenvalue weighted by molar-refractivity contribution is -0.123. The fourth-order valence-corrected chi connectivity index (χ4v) is 2.45. The third kappa shape index (κ3) is 9.42. The Kier molecular flexibility index (Phi) is 11.2. The third-order valence-electron chi connectivity index (χ3n) is 3.46. The molecular weight excluding hydrogens is 411 g/mol. The van der Waals surface area contributed by atoms with Crippen LogP contribution in [0.5, 0.6) is 5.75 Å². The number of halogens is 2. The lowest BCUT2D eigenvalue weighted by Gasteiger charge is -2.08. The molecule has 0 saturated carbocycles. The van der Waals surface area contributed by atoms with Crippen LogP contribution in [0.25, 0.3) is 0 Å². The molecule has 0 heterocycles. The lowest BCUT2D eigenvalue weighted by atomic mass is 10.1. The van der Waals surface area contributed by atoms with Gasteiger partial charge in [-0.25, -0.2) is 0 Å². The van der Waals surface area contributed by atoms with Gasteiger partial charge in [-0.3, -0.25) is 4.79 Å². The Morgan fingerprint density at radius 3 is 2.33 bits per heavy atom. The predicted molar refractivity (Wildman–Crippen MR) is 108 cm³/mol. The van der Waals surface area contributed by atoms with Gasteiger partial charge in [0.15, 0.2) is 6.61 Å². The first kappa shape index (κ1) is 23.0. The van der Waals surface area contributed by atoms with Crippen LogP contribution in [0.15, 0.2) is 42.5 Å². The van der Waals surface area contributed by atoms with Crippen molar-refractivity contribution in [2.24, 2.45) is 0 Å². The highest BCUT2D eigenvalue weighted by molar-refractivity contribution is 7.51. The van der Waals surface area contributed by atoms with E-state index < -0.39 is 11.6 Å². The molecule has 6 nitrogen and oxygen atoms in total. The largest absolute Gasteiger partial charge is 0.484 e. The second-order valence-corrected chi connectivity index (χ2v) is 6.28. The molecule has 2 aromatic carbocycles. The molecular formula is C18H20Cl2N2O4S. The van der Waals surface area contributed by atoms with E-state index in [-0.39, 0.29) is 12.5 Å². The van der Waals surface area contributed by atoms with Crippen LogP contribution >= 0.6 is 23.2 Å². The molecule has 1 amide bonds. The summed E-state index contributed by atoms with van der Waals surface area (Å²) in [6, 6.07) is 13.0. The molecule has 0 aliphatic rings. The molecule has 27 heavy (non-hydrogen) atoms. The maximum absolute atomic E-state index is 11.8. The fraction of sp³-hybridized carbons (Fsp3) is 0.278. The quantitative estimate of drug-likeness (QED) is 0.626. The second-order valence-electron chi connectivity index (χ2n) is 5.33. The molecule has 146 valence electrons. The average Bonchev–Trinajstić information content (AvgIpc) is 2.67. The van der Waals surface area contributed by atoms with Crippen molar-refractivity contribution in [1.82, 2.24) is 5.32 Å². The minimum Gasteiger partial charge on any atom is -0.484 e. The number of aryl methyl sites for hydroxylation is 1. The summed E-state index contributed by atoms with van der Waals surface area (Å²) in [4.78, 5) is 11.8. The van der Waals surface area contributed by atoms with Gasteiger partial charge in [0.1, 0.15) is 5.75 Å². The summed E-state index contributed by atoms with van der Waals surface area (Å²) in [7, 11) is 1.85. The Labute approximate surface area is 171 Å². The number of hydrogen-bond donors (Lipinski definition) is 2. The van der Waals surface area contributed by atoms with Gasteiger partial charge in [-0.05, 0) is 54.8 Å². The van der Waals surface area contributed by atoms with Gasteiger partial charge < -0.3 is 15.4 Å². The first-order valence-electron chi connectivity index (χ1n) is 8.03. The van der Waals surface area contributed by atoms with Gasteiger partial charge in [0, 0.05) is 19.3 Å². The highest BCUT2D eigenvalue weighted by Crippen LogP contribution is 2.23. The molecule has 2 N–H and O–H groups in total. The first-order chi connectivity index (χ1) is 13.0. The highest BCUT2D eigenvalue weighted by Gasteiger charge is 2.03. The molecule has 0 unspecified atom stereocenters. The Hall–Kier alpha value is -2.09. The maximum atomic E-state index is 11.8. The summed E-state index contributed by atoms with van der Waals surface area (Å²) in [5.74, 6) is 0.529. The number of anilines is 1. The average molecular weight is 431 g/mol. The Balaban J connectivity index is 0.00000114. The van der Waals surface area contributed by atoms with E-state index in [1.807, 2.05) is 43.4 Å². The normalized spacial score (nSPS) is 9.59. The van der Waals surface area contributed by atoms with Crippen LogP contribution < -0.4 is 15.4 Å². The van der Waals surface area contributed by atoms with Gasteiger partial charge in [0.25, 0.3) is 5.91 Å². The van der Waals surface area contributed by atoms with Gasteiger partial charge in [-0.15, -0.1) is 0 Å². The molecule has 0 aromatic heterocycles. The number of hydrogen-bond acceptors (Lipinski definition) is 5. The van der Waals surface area contributed by atoms with Crippen molar-refractivity contribution in [1.29, 1.82) is 0 Å². The minimum atomic E-state index is -0.750. The number of nitrogens with one attached hydrogen (secondary N) is 2. The number of ether oxygens (including phenoxy) is 1. The molecule has 2 rings (SSSR count). The van der Waals surface area contributed by atoms with Crippen molar-refractivity contribution >= 4 is 46.4 Å². The third-order valence-corrected chi connectivity index (χ3v) is 4.20. The van der Waals surface area contributed by atoms with Crippen LogP contribution in [0.1, 0.15) is 12.0 Å². The zero-order valence-corrected chi connectivity index (χ0v) is 17.0. The molecule has 2 aromatic rings. The minimum absolute atomic E-state index is 0.00563. The summed E-state index contributed by atoms with van der Waals surface area (Å²) in [6.45, 7) is 0.590. The van der Waals surface area contributed by atoms with Crippen molar-refractivity contribution in [3.05, 3.63) is 58.1 Å². The molecule has 0 saturated heterocycles. The smallest absolute Gasteiger partial charge is 0.335 e. The summed E-state index contributed by atoms with van der Waals surface area (Å²) >= 11 is 11.1. The Morgan fingerprint density at radius 2 is 1.74 bits per heavy atom. The molecule has 0 fully saturated rings. The van der Waals surface area contributed by atoms with Crippen LogP contribution in [-0.4, -0.2) is 34.5 Å². The zero-order chi connectivity index (χ0) is 20.1. The molecule has 0 aliphatic heterocycles. The number of rotatable bonds is 8. The van der Waals surface area contributed by atoms with Crippen molar-refractivity contribution in [3.8, 4) is 5.75 Å². The van der Waals surface area contributed by atoms with E-state index in [0.717, 1.165) is 24.1 Å². The number of carbonyl (C=O) groups is 1. The highest BCUT2D eigenvalue weighted by atomic mass is 35.5. The van der Waals surface area contributed by atoms with E-state index in [9.17, 15) is 4.79 Å². The van der Waals surface area contributed by atoms with Gasteiger partial charge >= 0.3 is 11.6 Å². The zero-order valence-electron chi connectivity index (χ0n) is 14.7. The monoisotopic (exact) mass is 430 g/mol. The van der Waals surface area contributed by atoms with Crippen molar-refractivity contribution in [3.63, 3.8) is 0 Å². The van der Waals surface area contributed by atoms with E-state index in [4.69, 9.17) is 36.4 Å². The maximum Gasteiger partial charge on any atom is 0.335 e. The summed E-state index contributed by atoms with van der Waals surface area (Å²) in [5, 5.41) is 6.96. The summed E-state index contributed by atoms with van der Waals surface area (Å²) < 4.78 is 22.0. The van der Waals surface area contributed by atoms with Crippen LogP contribution in [0.3, 0.4) is 0 Å². The fourth-order valence-electron chi connectivity index (χ4n) is 2.13. The SMILES string of the molecule is CNc1ccc(OCC(=O)NCCCc2ccc(Cl)c(Cl)c2)cc1.O=S=O. The van der Waals surface area contributed by atoms with Crippen LogP contribution in [-0.2, 0) is 22.8 Å². The van der Waals surface area contributed by atoms with E-state index >= 15 is 0 Å². The van der Waals surface area contributed by atoms with Gasteiger partial charge in [-0.2, -0.15) is 8.42 Å². The molecule has 0 aliphatic carbocycles. The predicted octanol–water partition coefficient (Wildman–Crippen LogP) is 3.49. The first-order valence-corrected chi connectivity index (χ1v) is 9.45. The topological polar surface area (TPSA) is 84.5 Å². The van der Waals surface area contributed by atoms with Gasteiger partial charge in [-0.1, -0.05) is 29.3 Å². The van der Waals surface area contributed by atoms with Crippen LogP contribution in [0.4, 0.5) is 5.69 Å². The van der Waals surface area contributed by atoms with Crippen LogP contribution in [0.2, 0.25) is 10.0 Å². The van der Waals surface area contributed by atoms with Gasteiger partial charge in [0.05, 0.1) is 10.0 Å². The molecule has 0 radical (unpaired) electrons. The van der Waals surface area contributed by atoms with E-state index in [0.29, 0.717) is 22.3 Å². The molecule has 0 atom stereocenters. The summed E-state index contributed by atoms with van der Waals surface area (Å²) in [5.41, 5.74) is 2.09. The van der Waals surface area contributed by atoms with E-state index in [1.54, 1.807) is 6.07 Å². The molecule has 9 heteroatoms. The Morgan fingerprint density at radius 1 is 1.07 bits per heavy atom. The number of amides is 1. The van der Waals surface area contributed by atoms with Crippen molar-refractivity contribution in [2.75, 3.05) is 25.5 Å². The van der Waals surface area contributed by atoms with E-state index in [2.05, 4.69) is 10.6 Å². The number of carbonyl (C=O) groups excluding carboxylic acids is 1. The Bertz CT molecular complexity index is 766. The number of benzene rings is 2. The summed E-state index contributed by atoms with van der Waals surface area (Å²) in [6.07, 6.45) is 1.64. The second kappa shape index (κ2) is 13.1. The van der Waals surface area contributed by atoms with Crippen molar-refractivity contribution < 1.29 is 17.9 Å². The van der Waals surface area contributed by atoms with Crippen LogP contribution in [0, 0.1) is 0 Å². The standard InChI is InChI=1S/C18H20Cl2N2O2.O2S/c1-21-14-5-7-15(8-6-14)24-12-18(23)22-10-2-3-13-4-9-16(19)17(20)11-13;1-3-2/h4-9,11,21H,2-3,10,12H2,1H3,(H,22,23);. The molecule has 0 bridgehead atoms. The van der Waals surface area contributed by atoms with Gasteiger partial charge in [0.2, 0.25) is 0 Å².